The van der Waals surface area contributed by atoms with Crippen molar-refractivity contribution < 1.29 is 14.8 Å². The molecule has 128 valence electrons. The molecule has 0 spiro atoms. The molecule has 0 radical (unpaired) electrons. The van der Waals surface area contributed by atoms with Crippen molar-refractivity contribution in [3.63, 3.8) is 0 Å². The van der Waals surface area contributed by atoms with Crippen molar-refractivity contribution in [2.45, 2.75) is 18.9 Å². The van der Waals surface area contributed by atoms with Crippen LogP contribution in [0.3, 0.4) is 0 Å². The molecule has 1 aliphatic carbocycles. The average Bonchev–Trinajstić information content (AvgIpc) is 3.28. The van der Waals surface area contributed by atoms with Gasteiger partial charge < -0.3 is 5.32 Å². The van der Waals surface area contributed by atoms with Gasteiger partial charge in [0.1, 0.15) is 0 Å². The van der Waals surface area contributed by atoms with E-state index in [1.807, 2.05) is 47.9 Å². The first-order chi connectivity index (χ1) is 12.2. The number of rotatable bonds is 6. The third-order valence-electron chi connectivity index (χ3n) is 3.73. The first-order valence-electron chi connectivity index (χ1n) is 7.94. The highest BCUT2D eigenvalue weighted by molar-refractivity contribution is 7.11. The SMILES string of the molecule is O=C(/C=C/c1ccc(/C=C(\C(=O)NC2CC2)c2cccs2)cc1)NO. The summed E-state index contributed by atoms with van der Waals surface area (Å²) in [7, 11) is 0. The summed E-state index contributed by atoms with van der Waals surface area (Å²) in [6, 6.07) is 11.6. The number of hydroxylamine groups is 1. The van der Waals surface area contributed by atoms with E-state index in [0.717, 1.165) is 28.8 Å². The molecule has 1 aliphatic rings. The summed E-state index contributed by atoms with van der Waals surface area (Å²) in [6.07, 6.45) is 6.80. The highest BCUT2D eigenvalue weighted by Crippen LogP contribution is 2.26. The van der Waals surface area contributed by atoms with Crippen LogP contribution in [0.1, 0.15) is 28.8 Å². The molecule has 6 heteroatoms. The van der Waals surface area contributed by atoms with E-state index < -0.39 is 5.91 Å². The number of carbonyl (C=O) groups excluding carboxylic acids is 2. The zero-order chi connectivity index (χ0) is 17.6. The fourth-order valence-corrected chi connectivity index (χ4v) is 2.99. The summed E-state index contributed by atoms with van der Waals surface area (Å²) in [5, 5.41) is 13.5. The van der Waals surface area contributed by atoms with Gasteiger partial charge in [-0.1, -0.05) is 30.3 Å². The number of carbonyl (C=O) groups is 2. The Balaban J connectivity index is 1.80. The zero-order valence-corrected chi connectivity index (χ0v) is 14.3. The van der Waals surface area contributed by atoms with E-state index in [1.54, 1.807) is 11.6 Å². The maximum absolute atomic E-state index is 12.5. The molecule has 1 aromatic heterocycles. The van der Waals surface area contributed by atoms with E-state index in [4.69, 9.17) is 5.21 Å². The summed E-state index contributed by atoms with van der Waals surface area (Å²) < 4.78 is 0. The van der Waals surface area contributed by atoms with Crippen LogP contribution in [0.15, 0.2) is 47.9 Å². The van der Waals surface area contributed by atoms with Crippen molar-refractivity contribution in [2.24, 2.45) is 0 Å². The minimum absolute atomic E-state index is 0.0476. The molecule has 0 saturated heterocycles. The van der Waals surface area contributed by atoms with Gasteiger partial charge in [0.05, 0.1) is 5.57 Å². The Hall–Kier alpha value is -2.70. The second-order valence-corrected chi connectivity index (χ2v) is 6.71. The van der Waals surface area contributed by atoms with Crippen molar-refractivity contribution in [3.8, 4) is 0 Å². The van der Waals surface area contributed by atoms with Crippen molar-refractivity contribution in [1.29, 1.82) is 0 Å². The van der Waals surface area contributed by atoms with Gasteiger partial charge in [0.25, 0.3) is 11.8 Å². The molecule has 0 bridgehead atoms. The molecule has 3 rings (SSSR count). The highest BCUT2D eigenvalue weighted by atomic mass is 32.1. The minimum atomic E-state index is -0.583. The molecule has 1 saturated carbocycles. The lowest BCUT2D eigenvalue weighted by atomic mass is 10.1. The lowest BCUT2D eigenvalue weighted by Gasteiger charge is -2.07. The topological polar surface area (TPSA) is 78.4 Å². The predicted octanol–water partition coefficient (Wildman–Crippen LogP) is 3.09. The highest BCUT2D eigenvalue weighted by Gasteiger charge is 2.25. The number of amides is 2. The largest absolute Gasteiger partial charge is 0.349 e. The van der Waals surface area contributed by atoms with Crippen molar-refractivity contribution >= 4 is 40.9 Å². The first kappa shape index (κ1) is 17.1. The second kappa shape index (κ2) is 7.92. The van der Waals surface area contributed by atoms with Gasteiger partial charge in [-0.05, 0) is 47.6 Å². The molecule has 3 N–H and O–H groups in total. The van der Waals surface area contributed by atoms with E-state index in [0.29, 0.717) is 11.6 Å². The maximum atomic E-state index is 12.5. The van der Waals surface area contributed by atoms with Crippen molar-refractivity contribution in [2.75, 3.05) is 0 Å². The van der Waals surface area contributed by atoms with Gasteiger partial charge in [-0.25, -0.2) is 5.48 Å². The van der Waals surface area contributed by atoms with Crippen LogP contribution in [0, 0.1) is 0 Å². The number of hydrogen-bond donors (Lipinski definition) is 3. The summed E-state index contributed by atoms with van der Waals surface area (Å²) in [5.41, 5.74) is 3.92. The summed E-state index contributed by atoms with van der Waals surface area (Å²) in [4.78, 5) is 24.5. The van der Waals surface area contributed by atoms with Gasteiger partial charge in [-0.2, -0.15) is 0 Å². The fraction of sp³-hybridized carbons (Fsp3) is 0.158. The van der Waals surface area contributed by atoms with E-state index in [9.17, 15) is 9.59 Å². The van der Waals surface area contributed by atoms with Gasteiger partial charge in [0.2, 0.25) is 0 Å². The predicted molar refractivity (Wildman–Crippen MR) is 98.8 cm³/mol. The normalized spacial score (nSPS) is 14.5. The molecule has 5 nitrogen and oxygen atoms in total. The quantitative estimate of drug-likeness (QED) is 0.424. The third-order valence-corrected chi connectivity index (χ3v) is 4.63. The lowest BCUT2D eigenvalue weighted by Crippen LogP contribution is -2.26. The number of thiophene rings is 1. The Labute approximate surface area is 149 Å². The lowest BCUT2D eigenvalue weighted by molar-refractivity contribution is -0.124. The van der Waals surface area contributed by atoms with Gasteiger partial charge in [0, 0.05) is 17.0 Å². The maximum Gasteiger partial charge on any atom is 0.267 e. The first-order valence-corrected chi connectivity index (χ1v) is 8.82. The van der Waals surface area contributed by atoms with Crippen LogP contribution < -0.4 is 10.8 Å². The molecule has 0 atom stereocenters. The van der Waals surface area contributed by atoms with Crippen LogP contribution in [0.5, 0.6) is 0 Å². The Morgan fingerprint density at radius 2 is 1.84 bits per heavy atom. The molecular weight excluding hydrogens is 336 g/mol. The van der Waals surface area contributed by atoms with E-state index in [-0.39, 0.29) is 5.91 Å². The number of benzene rings is 1. The Bertz CT molecular complexity index is 804. The monoisotopic (exact) mass is 354 g/mol. The summed E-state index contributed by atoms with van der Waals surface area (Å²) in [5.74, 6) is -0.630. The molecule has 0 aliphatic heterocycles. The average molecular weight is 354 g/mol. The van der Waals surface area contributed by atoms with Crippen LogP contribution in [-0.2, 0) is 9.59 Å². The van der Waals surface area contributed by atoms with Gasteiger partial charge in [-0.3, -0.25) is 14.8 Å². The van der Waals surface area contributed by atoms with Gasteiger partial charge >= 0.3 is 0 Å². The van der Waals surface area contributed by atoms with Crippen LogP contribution in [0.2, 0.25) is 0 Å². The van der Waals surface area contributed by atoms with Gasteiger partial charge in [-0.15, -0.1) is 11.3 Å². The molecule has 2 aromatic rings. The van der Waals surface area contributed by atoms with E-state index >= 15 is 0 Å². The standard InChI is InChI=1S/C19H18N2O3S/c22-18(21-24)10-7-13-3-5-14(6-4-13)12-16(17-2-1-11-25-17)19(23)20-15-8-9-15/h1-7,10-12,15,24H,8-9H2,(H,20,23)(H,21,22)/b10-7+,16-12-. The smallest absolute Gasteiger partial charge is 0.267 e. The molecule has 1 heterocycles. The summed E-state index contributed by atoms with van der Waals surface area (Å²) in [6.45, 7) is 0. The van der Waals surface area contributed by atoms with Crippen LogP contribution >= 0.6 is 11.3 Å². The fourth-order valence-electron chi connectivity index (χ4n) is 2.25. The molecule has 25 heavy (non-hydrogen) atoms. The van der Waals surface area contributed by atoms with E-state index in [2.05, 4.69) is 5.32 Å². The second-order valence-electron chi connectivity index (χ2n) is 5.76. The molecule has 1 fully saturated rings. The third kappa shape index (κ3) is 4.89. The van der Waals surface area contributed by atoms with Gasteiger partial charge in [0.15, 0.2) is 0 Å². The van der Waals surface area contributed by atoms with Crippen LogP contribution in [0.25, 0.3) is 17.7 Å². The number of hydrogen-bond acceptors (Lipinski definition) is 4. The molecule has 2 amide bonds. The van der Waals surface area contributed by atoms with Crippen LogP contribution in [-0.4, -0.2) is 23.1 Å². The molecule has 0 unspecified atom stereocenters. The van der Waals surface area contributed by atoms with Crippen molar-refractivity contribution in [3.05, 3.63) is 63.9 Å². The Kier molecular flexibility index (Phi) is 5.42. The number of nitrogens with one attached hydrogen (secondary N) is 2. The van der Waals surface area contributed by atoms with Crippen molar-refractivity contribution in [1.82, 2.24) is 10.8 Å². The Morgan fingerprint density at radius 3 is 2.44 bits per heavy atom. The molecular formula is C19H18N2O3S. The molecule has 1 aromatic carbocycles. The van der Waals surface area contributed by atoms with E-state index in [1.165, 1.54) is 17.4 Å². The zero-order valence-electron chi connectivity index (χ0n) is 13.4. The Morgan fingerprint density at radius 1 is 1.12 bits per heavy atom. The summed E-state index contributed by atoms with van der Waals surface area (Å²) >= 11 is 1.53. The van der Waals surface area contributed by atoms with Crippen LogP contribution in [0.4, 0.5) is 0 Å². The minimum Gasteiger partial charge on any atom is -0.349 e.